The van der Waals surface area contributed by atoms with Gasteiger partial charge in [-0.05, 0) is 43.2 Å². The zero-order valence-corrected chi connectivity index (χ0v) is 10.1. The average Bonchev–Trinajstić information content (AvgIpc) is 2.67. The van der Waals surface area contributed by atoms with E-state index in [1.807, 2.05) is 32.0 Å². The fraction of sp³-hybridized carbons (Fsp3) is 0.143. The number of nitrogens with two attached hydrogens (primary N) is 2. The molecule has 3 nitrogen and oxygen atoms in total. The highest BCUT2D eigenvalue weighted by Gasteiger charge is 2.12. The van der Waals surface area contributed by atoms with Crippen LogP contribution in [-0.2, 0) is 0 Å². The lowest BCUT2D eigenvalue weighted by atomic mass is 10.1. The van der Waals surface area contributed by atoms with Gasteiger partial charge in [0.2, 0.25) is 0 Å². The average molecular weight is 228 g/mol. The Morgan fingerprint density at radius 2 is 1.82 bits per heavy atom. The van der Waals surface area contributed by atoms with Gasteiger partial charge in [-0.15, -0.1) is 0 Å². The Bertz CT molecular complexity index is 582. The monoisotopic (exact) mass is 228 g/mol. The summed E-state index contributed by atoms with van der Waals surface area (Å²) in [5.74, 6) is 1.49. The van der Waals surface area contributed by atoms with E-state index in [4.69, 9.17) is 15.9 Å². The third kappa shape index (κ3) is 1.80. The van der Waals surface area contributed by atoms with Crippen molar-refractivity contribution in [1.29, 1.82) is 0 Å². The van der Waals surface area contributed by atoms with Crippen molar-refractivity contribution in [2.75, 3.05) is 11.5 Å². The normalized spacial score (nSPS) is 10.5. The smallest absolute Gasteiger partial charge is 0.137 e. The first-order valence-corrected chi connectivity index (χ1v) is 5.42. The van der Waals surface area contributed by atoms with Crippen LogP contribution in [0.15, 0.2) is 29.2 Å². The van der Waals surface area contributed by atoms with Crippen LogP contribution < -0.4 is 11.5 Å². The maximum absolute atomic E-state index is 6.01. The summed E-state index contributed by atoms with van der Waals surface area (Å²) in [6.07, 6.45) is 1.69. The van der Waals surface area contributed by atoms with Crippen LogP contribution in [-0.4, -0.2) is 0 Å². The Balaban J connectivity index is 2.60. The Labute approximate surface area is 101 Å². The number of nitrogen functional groups attached to an aromatic ring is 2. The van der Waals surface area contributed by atoms with Crippen LogP contribution in [0.5, 0.6) is 0 Å². The van der Waals surface area contributed by atoms with Gasteiger partial charge >= 0.3 is 0 Å². The molecule has 0 saturated heterocycles. The Hall–Kier alpha value is -2.16. The topological polar surface area (TPSA) is 65.2 Å². The first kappa shape index (κ1) is 11.3. The predicted molar refractivity (Wildman–Crippen MR) is 72.5 cm³/mol. The molecule has 0 spiro atoms. The molecule has 2 rings (SSSR count). The van der Waals surface area contributed by atoms with Crippen molar-refractivity contribution < 1.29 is 4.42 Å². The summed E-state index contributed by atoms with van der Waals surface area (Å²) >= 11 is 0. The largest absolute Gasteiger partial charge is 0.456 e. The molecule has 88 valence electrons. The van der Waals surface area contributed by atoms with Crippen LogP contribution >= 0.6 is 0 Å². The minimum absolute atomic E-state index is 0.564. The van der Waals surface area contributed by atoms with Gasteiger partial charge in [-0.25, -0.2) is 0 Å². The maximum Gasteiger partial charge on any atom is 0.137 e. The standard InChI is InChI=1S/C14H16N2O/c1-4-11-9(3)7-12(17-11)10-6-5-8(2)13(15)14(10)16/h4-7H,1,15-16H2,2-3H3. The van der Waals surface area contributed by atoms with Crippen LogP contribution in [0.2, 0.25) is 0 Å². The number of aryl methyl sites for hydroxylation is 2. The summed E-state index contributed by atoms with van der Waals surface area (Å²) in [4.78, 5) is 0. The van der Waals surface area contributed by atoms with E-state index in [9.17, 15) is 0 Å². The molecule has 3 heteroatoms. The summed E-state index contributed by atoms with van der Waals surface area (Å²) in [7, 11) is 0. The van der Waals surface area contributed by atoms with Crippen LogP contribution in [0.3, 0.4) is 0 Å². The van der Waals surface area contributed by atoms with E-state index in [1.54, 1.807) is 6.08 Å². The number of benzene rings is 1. The van der Waals surface area contributed by atoms with Crippen molar-refractivity contribution in [2.24, 2.45) is 0 Å². The molecule has 0 unspecified atom stereocenters. The minimum Gasteiger partial charge on any atom is -0.456 e. The maximum atomic E-state index is 6.01. The summed E-state index contributed by atoms with van der Waals surface area (Å²) in [6.45, 7) is 7.60. The van der Waals surface area contributed by atoms with Crippen LogP contribution in [0.1, 0.15) is 16.9 Å². The number of hydrogen-bond donors (Lipinski definition) is 2. The molecule has 0 atom stereocenters. The molecule has 0 saturated carbocycles. The van der Waals surface area contributed by atoms with E-state index in [0.717, 1.165) is 28.2 Å². The second-order valence-electron chi connectivity index (χ2n) is 4.12. The third-order valence-corrected chi connectivity index (χ3v) is 2.91. The molecular formula is C14H16N2O. The third-order valence-electron chi connectivity index (χ3n) is 2.91. The predicted octanol–water partition coefficient (Wildman–Crippen LogP) is 3.37. The molecule has 0 aliphatic carbocycles. The van der Waals surface area contributed by atoms with Gasteiger partial charge in [0.1, 0.15) is 11.5 Å². The second-order valence-corrected chi connectivity index (χ2v) is 4.12. The number of rotatable bonds is 2. The summed E-state index contributed by atoms with van der Waals surface area (Å²) in [5.41, 5.74) is 15.9. The summed E-state index contributed by atoms with van der Waals surface area (Å²) < 4.78 is 5.67. The number of anilines is 2. The molecule has 1 aromatic heterocycles. The van der Waals surface area contributed by atoms with Gasteiger partial charge in [0.05, 0.1) is 11.4 Å². The fourth-order valence-corrected chi connectivity index (χ4v) is 1.79. The molecule has 17 heavy (non-hydrogen) atoms. The highest BCUT2D eigenvalue weighted by Crippen LogP contribution is 2.34. The van der Waals surface area contributed by atoms with Gasteiger partial charge < -0.3 is 15.9 Å². The Morgan fingerprint density at radius 3 is 2.41 bits per heavy atom. The molecule has 2 aromatic rings. The van der Waals surface area contributed by atoms with Crippen molar-refractivity contribution in [2.45, 2.75) is 13.8 Å². The molecule has 1 aromatic carbocycles. The van der Waals surface area contributed by atoms with E-state index in [2.05, 4.69) is 6.58 Å². The highest BCUT2D eigenvalue weighted by molar-refractivity contribution is 5.84. The van der Waals surface area contributed by atoms with Gasteiger partial charge in [0.15, 0.2) is 0 Å². The van der Waals surface area contributed by atoms with Crippen LogP contribution in [0.4, 0.5) is 11.4 Å². The second kappa shape index (κ2) is 4.01. The molecule has 0 aliphatic heterocycles. The molecule has 0 aliphatic rings. The number of furan rings is 1. The fourth-order valence-electron chi connectivity index (χ4n) is 1.79. The van der Waals surface area contributed by atoms with Gasteiger partial charge in [0.25, 0.3) is 0 Å². The zero-order chi connectivity index (χ0) is 12.6. The van der Waals surface area contributed by atoms with Gasteiger partial charge in [-0.1, -0.05) is 12.6 Å². The number of hydrogen-bond acceptors (Lipinski definition) is 3. The first-order chi connectivity index (χ1) is 8.04. The van der Waals surface area contributed by atoms with Crippen molar-refractivity contribution in [3.8, 4) is 11.3 Å². The SMILES string of the molecule is C=Cc1oc(-c2ccc(C)c(N)c2N)cc1C. The van der Waals surface area contributed by atoms with Gasteiger partial charge in [-0.2, -0.15) is 0 Å². The highest BCUT2D eigenvalue weighted by atomic mass is 16.3. The van der Waals surface area contributed by atoms with E-state index in [-0.39, 0.29) is 0 Å². The zero-order valence-electron chi connectivity index (χ0n) is 10.1. The van der Waals surface area contributed by atoms with Crippen LogP contribution in [0, 0.1) is 13.8 Å². The van der Waals surface area contributed by atoms with Crippen molar-refractivity contribution >= 4 is 17.5 Å². The molecule has 0 radical (unpaired) electrons. The lowest BCUT2D eigenvalue weighted by Crippen LogP contribution is -1.99. The Morgan fingerprint density at radius 1 is 1.12 bits per heavy atom. The van der Waals surface area contributed by atoms with Gasteiger partial charge in [-0.3, -0.25) is 0 Å². The molecule has 0 fully saturated rings. The summed E-state index contributed by atoms with van der Waals surface area (Å²) in [5, 5.41) is 0. The van der Waals surface area contributed by atoms with Crippen LogP contribution in [0.25, 0.3) is 17.4 Å². The molecule has 4 N–H and O–H groups in total. The molecular weight excluding hydrogens is 212 g/mol. The molecule has 0 amide bonds. The van der Waals surface area contributed by atoms with Crippen molar-refractivity contribution in [3.63, 3.8) is 0 Å². The lowest BCUT2D eigenvalue weighted by molar-refractivity contribution is 0.570. The van der Waals surface area contributed by atoms with Crippen molar-refractivity contribution in [3.05, 3.63) is 41.7 Å². The van der Waals surface area contributed by atoms with E-state index in [1.165, 1.54) is 0 Å². The first-order valence-electron chi connectivity index (χ1n) is 5.42. The van der Waals surface area contributed by atoms with Gasteiger partial charge in [0, 0.05) is 5.56 Å². The minimum atomic E-state index is 0.564. The summed E-state index contributed by atoms with van der Waals surface area (Å²) in [6, 6.07) is 5.80. The van der Waals surface area contributed by atoms with E-state index in [0.29, 0.717) is 11.4 Å². The lowest BCUT2D eigenvalue weighted by Gasteiger charge is -2.08. The Kier molecular flexibility index (Phi) is 2.68. The molecule has 0 bridgehead atoms. The van der Waals surface area contributed by atoms with E-state index >= 15 is 0 Å². The van der Waals surface area contributed by atoms with Crippen molar-refractivity contribution in [1.82, 2.24) is 0 Å². The molecule has 1 heterocycles. The quantitative estimate of drug-likeness (QED) is 0.774. The van der Waals surface area contributed by atoms with E-state index < -0.39 is 0 Å².